The molecule has 1 heterocycles. The SMILES string of the molecule is C=CCN(C(=O)Cc1ccc(N)cc1)C1CCS(=O)(=O)C1. The summed E-state index contributed by atoms with van der Waals surface area (Å²) >= 11 is 0. The van der Waals surface area contributed by atoms with Crippen LogP contribution in [0.25, 0.3) is 0 Å². The zero-order chi connectivity index (χ0) is 15.5. The van der Waals surface area contributed by atoms with Crippen LogP contribution < -0.4 is 5.73 Å². The lowest BCUT2D eigenvalue weighted by Gasteiger charge is -2.27. The van der Waals surface area contributed by atoms with Gasteiger partial charge in [0.05, 0.1) is 17.9 Å². The number of benzene rings is 1. The second kappa shape index (κ2) is 6.30. The molecule has 21 heavy (non-hydrogen) atoms. The van der Waals surface area contributed by atoms with Crippen molar-refractivity contribution >= 4 is 21.4 Å². The van der Waals surface area contributed by atoms with Crippen molar-refractivity contribution in [3.63, 3.8) is 0 Å². The topological polar surface area (TPSA) is 80.5 Å². The number of rotatable bonds is 5. The van der Waals surface area contributed by atoms with Crippen LogP contribution in [0.15, 0.2) is 36.9 Å². The first kappa shape index (κ1) is 15.6. The predicted octanol–water partition coefficient (Wildman–Crippen LogP) is 1.01. The lowest BCUT2D eigenvalue weighted by molar-refractivity contribution is -0.131. The van der Waals surface area contributed by atoms with Gasteiger partial charge in [-0.2, -0.15) is 0 Å². The van der Waals surface area contributed by atoms with E-state index in [9.17, 15) is 13.2 Å². The smallest absolute Gasteiger partial charge is 0.227 e. The number of amides is 1. The summed E-state index contributed by atoms with van der Waals surface area (Å²) in [5.41, 5.74) is 7.13. The fraction of sp³-hybridized carbons (Fsp3) is 0.400. The van der Waals surface area contributed by atoms with Crippen molar-refractivity contribution in [2.75, 3.05) is 23.8 Å². The highest BCUT2D eigenvalue weighted by Gasteiger charge is 2.33. The summed E-state index contributed by atoms with van der Waals surface area (Å²) in [7, 11) is -3.02. The maximum atomic E-state index is 12.4. The summed E-state index contributed by atoms with van der Waals surface area (Å²) in [6.45, 7) is 4.02. The quantitative estimate of drug-likeness (QED) is 0.650. The summed E-state index contributed by atoms with van der Waals surface area (Å²) in [5.74, 6) is 0.121. The Labute approximate surface area is 125 Å². The number of hydrogen-bond acceptors (Lipinski definition) is 4. The molecule has 1 saturated heterocycles. The predicted molar refractivity (Wildman–Crippen MR) is 83.5 cm³/mol. The first-order chi connectivity index (χ1) is 9.91. The Hall–Kier alpha value is -1.82. The zero-order valence-electron chi connectivity index (χ0n) is 11.9. The van der Waals surface area contributed by atoms with E-state index in [2.05, 4.69) is 6.58 Å². The van der Waals surface area contributed by atoms with Gasteiger partial charge in [0.15, 0.2) is 9.84 Å². The fourth-order valence-electron chi connectivity index (χ4n) is 2.53. The van der Waals surface area contributed by atoms with E-state index >= 15 is 0 Å². The molecule has 1 atom stereocenters. The van der Waals surface area contributed by atoms with E-state index in [1.165, 1.54) is 0 Å². The Morgan fingerprint density at radius 2 is 2.05 bits per heavy atom. The molecule has 5 nitrogen and oxygen atoms in total. The number of carbonyl (C=O) groups is 1. The van der Waals surface area contributed by atoms with E-state index in [-0.39, 0.29) is 29.9 Å². The summed E-state index contributed by atoms with van der Waals surface area (Å²) in [4.78, 5) is 14.1. The molecule has 0 spiro atoms. The Kier molecular flexibility index (Phi) is 4.67. The molecule has 1 fully saturated rings. The van der Waals surface area contributed by atoms with E-state index < -0.39 is 9.84 Å². The van der Waals surface area contributed by atoms with Crippen LogP contribution in [0.3, 0.4) is 0 Å². The Bertz CT molecular complexity index is 623. The maximum absolute atomic E-state index is 12.4. The van der Waals surface area contributed by atoms with Crippen LogP contribution in [0, 0.1) is 0 Å². The van der Waals surface area contributed by atoms with Gasteiger partial charge in [-0.1, -0.05) is 18.2 Å². The van der Waals surface area contributed by atoms with Gasteiger partial charge in [-0.15, -0.1) is 6.58 Å². The van der Waals surface area contributed by atoms with E-state index in [0.717, 1.165) is 5.56 Å². The van der Waals surface area contributed by atoms with Gasteiger partial charge < -0.3 is 10.6 Å². The molecular weight excluding hydrogens is 288 g/mol. The van der Waals surface area contributed by atoms with Crippen molar-refractivity contribution in [2.24, 2.45) is 0 Å². The van der Waals surface area contributed by atoms with Crippen molar-refractivity contribution in [3.05, 3.63) is 42.5 Å². The minimum Gasteiger partial charge on any atom is -0.399 e. The molecule has 114 valence electrons. The lowest BCUT2D eigenvalue weighted by Crippen LogP contribution is -2.42. The van der Waals surface area contributed by atoms with Crippen LogP contribution in [0.2, 0.25) is 0 Å². The summed E-state index contributed by atoms with van der Waals surface area (Å²) in [6.07, 6.45) is 2.38. The van der Waals surface area contributed by atoms with Crippen LogP contribution >= 0.6 is 0 Å². The average molecular weight is 308 g/mol. The molecular formula is C15H20N2O3S. The van der Waals surface area contributed by atoms with Crippen molar-refractivity contribution in [1.29, 1.82) is 0 Å². The van der Waals surface area contributed by atoms with Crippen LogP contribution in [0.4, 0.5) is 5.69 Å². The highest BCUT2D eigenvalue weighted by molar-refractivity contribution is 7.91. The Morgan fingerprint density at radius 1 is 1.38 bits per heavy atom. The number of carbonyl (C=O) groups excluding carboxylic acids is 1. The van der Waals surface area contributed by atoms with Crippen molar-refractivity contribution in [1.82, 2.24) is 4.90 Å². The third-order valence-corrected chi connectivity index (χ3v) is 5.38. The van der Waals surface area contributed by atoms with Gasteiger partial charge in [-0.3, -0.25) is 4.79 Å². The number of nitrogens with two attached hydrogens (primary N) is 1. The van der Waals surface area contributed by atoms with Gasteiger partial charge in [0.2, 0.25) is 5.91 Å². The number of hydrogen-bond donors (Lipinski definition) is 1. The minimum atomic E-state index is -3.02. The minimum absolute atomic E-state index is 0.0499. The number of anilines is 1. The van der Waals surface area contributed by atoms with Crippen LogP contribution in [0.5, 0.6) is 0 Å². The molecule has 0 saturated carbocycles. The van der Waals surface area contributed by atoms with Gasteiger partial charge in [-0.05, 0) is 24.1 Å². The van der Waals surface area contributed by atoms with E-state index in [1.807, 2.05) is 12.1 Å². The molecule has 0 bridgehead atoms. The number of sulfone groups is 1. The number of nitrogens with zero attached hydrogens (tertiary/aromatic N) is 1. The van der Waals surface area contributed by atoms with Crippen LogP contribution in [-0.4, -0.2) is 43.3 Å². The third-order valence-electron chi connectivity index (χ3n) is 3.63. The molecule has 0 radical (unpaired) electrons. The van der Waals surface area contributed by atoms with Gasteiger partial charge in [0.25, 0.3) is 0 Å². The Balaban J connectivity index is 2.09. The molecule has 1 aliphatic rings. The van der Waals surface area contributed by atoms with E-state index in [0.29, 0.717) is 18.7 Å². The summed E-state index contributed by atoms with van der Waals surface area (Å²) < 4.78 is 23.2. The molecule has 1 aromatic rings. The number of nitrogen functional groups attached to an aromatic ring is 1. The Morgan fingerprint density at radius 3 is 2.57 bits per heavy atom. The summed E-state index contributed by atoms with van der Waals surface area (Å²) in [5, 5.41) is 0. The average Bonchev–Trinajstić information content (AvgIpc) is 2.78. The second-order valence-corrected chi connectivity index (χ2v) is 7.54. The highest BCUT2D eigenvalue weighted by atomic mass is 32.2. The maximum Gasteiger partial charge on any atom is 0.227 e. The van der Waals surface area contributed by atoms with Gasteiger partial charge in [-0.25, -0.2) is 8.42 Å². The van der Waals surface area contributed by atoms with Crippen molar-refractivity contribution in [2.45, 2.75) is 18.9 Å². The summed E-state index contributed by atoms with van der Waals surface area (Å²) in [6, 6.07) is 6.88. The molecule has 2 rings (SSSR count). The molecule has 1 aromatic carbocycles. The first-order valence-corrected chi connectivity index (χ1v) is 8.68. The molecule has 0 aliphatic carbocycles. The monoisotopic (exact) mass is 308 g/mol. The van der Waals surface area contributed by atoms with Crippen LogP contribution in [0.1, 0.15) is 12.0 Å². The zero-order valence-corrected chi connectivity index (χ0v) is 12.7. The molecule has 1 unspecified atom stereocenters. The molecule has 0 aromatic heterocycles. The molecule has 6 heteroatoms. The molecule has 1 amide bonds. The van der Waals surface area contributed by atoms with Crippen LogP contribution in [-0.2, 0) is 21.1 Å². The molecule has 2 N–H and O–H groups in total. The fourth-order valence-corrected chi connectivity index (χ4v) is 4.26. The second-order valence-electron chi connectivity index (χ2n) is 5.31. The van der Waals surface area contributed by atoms with Crippen molar-refractivity contribution < 1.29 is 13.2 Å². The third kappa shape index (κ3) is 4.07. The lowest BCUT2D eigenvalue weighted by atomic mass is 10.1. The van der Waals surface area contributed by atoms with Gasteiger partial charge in [0, 0.05) is 18.3 Å². The standard InChI is InChI=1S/C15H20N2O3S/c1-2-8-17(14-7-9-21(19,20)11-14)15(18)10-12-3-5-13(16)6-4-12/h2-6,14H,1,7-11,16H2. The normalized spacial score (nSPS) is 20.1. The van der Waals surface area contributed by atoms with E-state index in [1.54, 1.807) is 23.1 Å². The molecule has 1 aliphatic heterocycles. The van der Waals surface area contributed by atoms with Gasteiger partial charge in [0.1, 0.15) is 0 Å². The van der Waals surface area contributed by atoms with Crippen molar-refractivity contribution in [3.8, 4) is 0 Å². The van der Waals surface area contributed by atoms with Gasteiger partial charge >= 0.3 is 0 Å². The first-order valence-electron chi connectivity index (χ1n) is 6.86. The van der Waals surface area contributed by atoms with E-state index in [4.69, 9.17) is 5.73 Å². The highest BCUT2D eigenvalue weighted by Crippen LogP contribution is 2.19. The largest absolute Gasteiger partial charge is 0.399 e.